The molecule has 5 heteroatoms. The molecule has 0 fully saturated rings. The molecule has 2 aromatic rings. The fourth-order valence-corrected chi connectivity index (χ4v) is 1.16. The summed E-state index contributed by atoms with van der Waals surface area (Å²) in [7, 11) is 0. The summed E-state index contributed by atoms with van der Waals surface area (Å²) >= 11 is 0. The minimum atomic E-state index is -1.64. The molecule has 2 rings (SSSR count). The second-order valence-electron chi connectivity index (χ2n) is 2.63. The van der Waals surface area contributed by atoms with Crippen LogP contribution in [0.15, 0.2) is 24.5 Å². The zero-order valence-corrected chi connectivity index (χ0v) is 6.55. The van der Waals surface area contributed by atoms with Crippen molar-refractivity contribution in [1.82, 2.24) is 9.38 Å². The van der Waals surface area contributed by atoms with E-state index in [9.17, 15) is 4.39 Å². The van der Waals surface area contributed by atoms with Gasteiger partial charge in [-0.3, -0.25) is 4.40 Å². The van der Waals surface area contributed by atoms with E-state index in [1.165, 1.54) is 22.7 Å². The van der Waals surface area contributed by atoms with Crippen molar-refractivity contribution in [3.63, 3.8) is 0 Å². The lowest BCUT2D eigenvalue weighted by Gasteiger charge is -2.02. The van der Waals surface area contributed by atoms with E-state index in [0.717, 1.165) is 6.20 Å². The van der Waals surface area contributed by atoms with Crippen molar-refractivity contribution >= 4 is 5.65 Å². The van der Waals surface area contributed by atoms with Gasteiger partial charge in [-0.2, -0.15) is 0 Å². The Morgan fingerprint density at radius 3 is 2.85 bits per heavy atom. The maximum Gasteiger partial charge on any atom is 0.196 e. The minimum absolute atomic E-state index is 0.148. The van der Waals surface area contributed by atoms with Crippen LogP contribution in [0.3, 0.4) is 0 Å². The van der Waals surface area contributed by atoms with Gasteiger partial charge < -0.3 is 10.2 Å². The maximum atomic E-state index is 12.7. The van der Waals surface area contributed by atoms with Gasteiger partial charge in [0.25, 0.3) is 0 Å². The topological polar surface area (TPSA) is 57.8 Å². The van der Waals surface area contributed by atoms with Gasteiger partial charge in [0.15, 0.2) is 6.29 Å². The molecule has 2 N–H and O–H groups in total. The number of aliphatic hydroxyl groups is 2. The summed E-state index contributed by atoms with van der Waals surface area (Å²) in [5.41, 5.74) is 0.624. The molecule has 2 heterocycles. The molecule has 0 saturated carbocycles. The van der Waals surface area contributed by atoms with Crippen LogP contribution in [0.4, 0.5) is 4.39 Å². The summed E-state index contributed by atoms with van der Waals surface area (Å²) in [6, 6.07) is 2.72. The van der Waals surface area contributed by atoms with E-state index in [1.807, 2.05) is 0 Å². The second kappa shape index (κ2) is 2.79. The fourth-order valence-electron chi connectivity index (χ4n) is 1.16. The number of imidazole rings is 1. The third-order valence-corrected chi connectivity index (χ3v) is 1.76. The highest BCUT2D eigenvalue weighted by molar-refractivity contribution is 5.40. The molecular formula is C8H7FN2O2. The summed E-state index contributed by atoms with van der Waals surface area (Å²) in [6.45, 7) is 0. The first-order valence-electron chi connectivity index (χ1n) is 3.67. The summed E-state index contributed by atoms with van der Waals surface area (Å²) in [5, 5.41) is 17.7. The van der Waals surface area contributed by atoms with Crippen molar-refractivity contribution in [2.24, 2.45) is 0 Å². The lowest BCUT2D eigenvalue weighted by atomic mass is 10.4. The molecule has 0 atom stereocenters. The number of aromatic nitrogens is 2. The van der Waals surface area contributed by atoms with Crippen LogP contribution < -0.4 is 0 Å². The van der Waals surface area contributed by atoms with Gasteiger partial charge in [0.2, 0.25) is 0 Å². The molecule has 68 valence electrons. The van der Waals surface area contributed by atoms with Crippen molar-refractivity contribution in [2.75, 3.05) is 0 Å². The van der Waals surface area contributed by atoms with Crippen molar-refractivity contribution in [3.8, 4) is 0 Å². The smallest absolute Gasteiger partial charge is 0.196 e. The van der Waals surface area contributed by atoms with E-state index in [4.69, 9.17) is 10.2 Å². The Bertz CT molecular complexity index is 439. The van der Waals surface area contributed by atoms with E-state index in [0.29, 0.717) is 5.65 Å². The molecular weight excluding hydrogens is 175 g/mol. The summed E-state index contributed by atoms with van der Waals surface area (Å²) in [6.07, 6.45) is 0.799. The van der Waals surface area contributed by atoms with Crippen molar-refractivity contribution in [2.45, 2.75) is 6.29 Å². The van der Waals surface area contributed by atoms with Crippen molar-refractivity contribution in [1.29, 1.82) is 0 Å². The third-order valence-electron chi connectivity index (χ3n) is 1.76. The Labute approximate surface area is 72.9 Å². The van der Waals surface area contributed by atoms with Crippen LogP contribution in [0.5, 0.6) is 0 Å². The van der Waals surface area contributed by atoms with Gasteiger partial charge in [-0.15, -0.1) is 0 Å². The molecule has 2 aromatic heterocycles. The zero-order chi connectivity index (χ0) is 9.42. The largest absolute Gasteiger partial charge is 0.363 e. The van der Waals surface area contributed by atoms with Crippen LogP contribution in [0.1, 0.15) is 12.0 Å². The zero-order valence-electron chi connectivity index (χ0n) is 6.55. The molecule has 0 aromatic carbocycles. The predicted molar refractivity (Wildman–Crippen MR) is 42.3 cm³/mol. The number of halogens is 1. The van der Waals surface area contributed by atoms with Gasteiger partial charge in [0.1, 0.15) is 11.5 Å². The molecule has 0 saturated heterocycles. The van der Waals surface area contributed by atoms with E-state index in [1.54, 1.807) is 0 Å². The molecule has 0 aliphatic heterocycles. The lowest BCUT2D eigenvalue weighted by Crippen LogP contribution is -2.00. The standard InChI is InChI=1S/C8H7FN2O2/c9-5-1-2-7-10-3-6(8(12)13)11(7)4-5/h1-4,8,12-13H. The molecule has 0 aliphatic rings. The average molecular weight is 182 g/mol. The summed E-state index contributed by atoms with van der Waals surface area (Å²) in [5.74, 6) is -0.451. The number of pyridine rings is 1. The number of nitrogens with zero attached hydrogens (tertiary/aromatic N) is 2. The van der Waals surface area contributed by atoms with E-state index < -0.39 is 12.1 Å². The molecule has 0 radical (unpaired) electrons. The Morgan fingerprint density at radius 2 is 2.15 bits per heavy atom. The maximum absolute atomic E-state index is 12.7. The number of fused-ring (bicyclic) bond motifs is 1. The Hall–Kier alpha value is -1.46. The van der Waals surface area contributed by atoms with Crippen LogP contribution in [0.2, 0.25) is 0 Å². The van der Waals surface area contributed by atoms with Gasteiger partial charge in [0.05, 0.1) is 11.9 Å². The molecule has 13 heavy (non-hydrogen) atoms. The van der Waals surface area contributed by atoms with Gasteiger partial charge in [0, 0.05) is 6.20 Å². The first kappa shape index (κ1) is 8.15. The number of aliphatic hydroxyl groups excluding tert-OH is 1. The van der Waals surface area contributed by atoms with Crippen LogP contribution in [0, 0.1) is 5.82 Å². The highest BCUT2D eigenvalue weighted by Gasteiger charge is 2.09. The first-order valence-corrected chi connectivity index (χ1v) is 3.67. The van der Waals surface area contributed by atoms with Gasteiger partial charge >= 0.3 is 0 Å². The summed E-state index contributed by atoms with van der Waals surface area (Å²) in [4.78, 5) is 3.86. The van der Waals surface area contributed by atoms with Gasteiger partial charge in [-0.25, -0.2) is 9.37 Å². The van der Waals surface area contributed by atoms with Crippen molar-refractivity contribution in [3.05, 3.63) is 36.0 Å². The predicted octanol–water partition coefficient (Wildman–Crippen LogP) is 0.457. The van der Waals surface area contributed by atoms with Crippen LogP contribution in [0.25, 0.3) is 5.65 Å². The third kappa shape index (κ3) is 1.28. The van der Waals surface area contributed by atoms with Crippen molar-refractivity contribution < 1.29 is 14.6 Å². The number of hydrogen-bond donors (Lipinski definition) is 2. The van der Waals surface area contributed by atoms with Gasteiger partial charge in [-0.1, -0.05) is 0 Å². The quantitative estimate of drug-likeness (QED) is 0.630. The van der Waals surface area contributed by atoms with Crippen LogP contribution in [-0.2, 0) is 0 Å². The van der Waals surface area contributed by atoms with E-state index >= 15 is 0 Å². The molecule has 0 spiro atoms. The molecule has 0 amide bonds. The molecule has 0 aliphatic carbocycles. The molecule has 4 nitrogen and oxygen atoms in total. The van der Waals surface area contributed by atoms with Crippen LogP contribution in [-0.4, -0.2) is 19.6 Å². The monoisotopic (exact) mass is 182 g/mol. The second-order valence-corrected chi connectivity index (χ2v) is 2.63. The van der Waals surface area contributed by atoms with Gasteiger partial charge in [-0.05, 0) is 12.1 Å². The molecule has 0 unspecified atom stereocenters. The van der Waals surface area contributed by atoms with E-state index in [2.05, 4.69) is 4.98 Å². The Kier molecular flexibility index (Phi) is 1.75. The Morgan fingerprint density at radius 1 is 1.38 bits per heavy atom. The Balaban J connectivity index is 2.71. The number of rotatable bonds is 1. The lowest BCUT2D eigenvalue weighted by molar-refractivity contribution is -0.0464. The average Bonchev–Trinajstić information content (AvgIpc) is 2.46. The van der Waals surface area contributed by atoms with E-state index in [-0.39, 0.29) is 5.69 Å². The minimum Gasteiger partial charge on any atom is -0.363 e. The van der Waals surface area contributed by atoms with Crippen LogP contribution >= 0.6 is 0 Å². The number of hydrogen-bond acceptors (Lipinski definition) is 3. The highest BCUT2D eigenvalue weighted by Crippen LogP contribution is 2.13. The highest BCUT2D eigenvalue weighted by atomic mass is 19.1. The molecule has 0 bridgehead atoms. The summed E-state index contributed by atoms with van der Waals surface area (Å²) < 4.78 is 14.0. The normalized spacial score (nSPS) is 11.4. The first-order chi connectivity index (χ1) is 6.18. The fraction of sp³-hybridized carbons (Fsp3) is 0.125. The SMILES string of the molecule is OC(O)c1cnc2ccc(F)cn12.